The summed E-state index contributed by atoms with van der Waals surface area (Å²) in [6.07, 6.45) is 0. The number of rotatable bonds is 2. The Hall–Kier alpha value is -0.610. The Kier molecular flexibility index (Phi) is 2.74. The van der Waals surface area contributed by atoms with E-state index in [2.05, 4.69) is 30.0 Å². The normalized spacial score (nSPS) is 16.3. The second-order valence-electron chi connectivity index (χ2n) is 3.35. The zero-order valence-corrected chi connectivity index (χ0v) is 9.49. The first-order valence-electron chi connectivity index (χ1n) is 4.43. The summed E-state index contributed by atoms with van der Waals surface area (Å²) in [6.45, 7) is 2.74. The van der Waals surface area contributed by atoms with Crippen molar-refractivity contribution in [2.45, 2.75) is 18.7 Å². The number of fused-ring (bicyclic) bond motifs is 1. The SMILES string of the molecule is CC(SS)c1ccc2c(c1)C(=O)NC2. The summed E-state index contributed by atoms with van der Waals surface area (Å²) in [5.41, 5.74) is 3.06. The lowest BCUT2D eigenvalue weighted by Crippen LogP contribution is -2.12. The van der Waals surface area contributed by atoms with Gasteiger partial charge >= 0.3 is 0 Å². The van der Waals surface area contributed by atoms with Gasteiger partial charge in [0.2, 0.25) is 0 Å². The maximum absolute atomic E-state index is 11.4. The molecule has 2 nitrogen and oxygen atoms in total. The van der Waals surface area contributed by atoms with Gasteiger partial charge in [-0.3, -0.25) is 4.79 Å². The summed E-state index contributed by atoms with van der Waals surface area (Å²) in [7, 11) is 1.49. The van der Waals surface area contributed by atoms with Crippen LogP contribution in [-0.2, 0) is 6.54 Å². The van der Waals surface area contributed by atoms with E-state index in [1.165, 1.54) is 10.8 Å². The van der Waals surface area contributed by atoms with Gasteiger partial charge in [0.25, 0.3) is 5.91 Å². The van der Waals surface area contributed by atoms with Crippen LogP contribution in [0.2, 0.25) is 0 Å². The second-order valence-corrected chi connectivity index (χ2v) is 4.90. The minimum Gasteiger partial charge on any atom is -0.348 e. The van der Waals surface area contributed by atoms with Crippen molar-refractivity contribution < 1.29 is 4.79 Å². The molecule has 1 aromatic carbocycles. The Morgan fingerprint density at radius 2 is 2.36 bits per heavy atom. The third kappa shape index (κ3) is 1.64. The molecule has 0 spiro atoms. The number of amides is 1. The van der Waals surface area contributed by atoms with Gasteiger partial charge in [-0.2, -0.15) is 0 Å². The average Bonchev–Trinajstić information content (AvgIpc) is 2.59. The van der Waals surface area contributed by atoms with Crippen molar-refractivity contribution in [3.05, 3.63) is 34.9 Å². The molecular weight excluding hydrogens is 214 g/mol. The standard InChI is InChI=1S/C10H11NOS2/c1-6(14-13)7-2-3-8-5-11-10(12)9(8)4-7/h2-4,6,13H,5H2,1H3,(H,11,12). The summed E-state index contributed by atoms with van der Waals surface area (Å²) in [6, 6.07) is 6.04. The number of carbonyl (C=O) groups excluding carboxylic acids is 1. The van der Waals surface area contributed by atoms with E-state index in [9.17, 15) is 4.79 Å². The zero-order chi connectivity index (χ0) is 10.1. The third-order valence-corrected chi connectivity index (χ3v) is 3.98. The highest BCUT2D eigenvalue weighted by Crippen LogP contribution is 2.32. The first-order chi connectivity index (χ1) is 6.72. The van der Waals surface area contributed by atoms with E-state index in [-0.39, 0.29) is 5.91 Å². The number of carbonyl (C=O) groups is 1. The summed E-state index contributed by atoms with van der Waals surface area (Å²) in [5.74, 6) is 0.0400. The molecule has 1 heterocycles. The molecule has 0 aliphatic carbocycles. The molecule has 1 unspecified atom stereocenters. The predicted molar refractivity (Wildman–Crippen MR) is 62.6 cm³/mol. The van der Waals surface area contributed by atoms with Crippen LogP contribution >= 0.6 is 22.5 Å². The van der Waals surface area contributed by atoms with Crippen molar-refractivity contribution in [2.75, 3.05) is 0 Å². The van der Waals surface area contributed by atoms with Gasteiger partial charge in [0.15, 0.2) is 0 Å². The Morgan fingerprint density at radius 1 is 1.57 bits per heavy atom. The number of thiol groups is 1. The molecule has 4 heteroatoms. The number of nitrogens with one attached hydrogen (secondary N) is 1. The van der Waals surface area contributed by atoms with Crippen molar-refractivity contribution in [1.29, 1.82) is 0 Å². The number of hydrogen-bond acceptors (Lipinski definition) is 3. The largest absolute Gasteiger partial charge is 0.348 e. The van der Waals surface area contributed by atoms with E-state index < -0.39 is 0 Å². The van der Waals surface area contributed by atoms with Crippen LogP contribution in [-0.4, -0.2) is 5.91 Å². The van der Waals surface area contributed by atoms with Crippen LogP contribution in [0.15, 0.2) is 18.2 Å². The third-order valence-electron chi connectivity index (χ3n) is 2.45. The first-order valence-corrected chi connectivity index (χ1v) is 6.37. The van der Waals surface area contributed by atoms with Crippen LogP contribution in [0.1, 0.15) is 33.7 Å². The molecular formula is C10H11NOS2. The van der Waals surface area contributed by atoms with Crippen molar-refractivity contribution in [3.8, 4) is 0 Å². The molecule has 2 rings (SSSR count). The van der Waals surface area contributed by atoms with E-state index in [0.717, 1.165) is 16.7 Å². The minimum atomic E-state index is 0.0400. The van der Waals surface area contributed by atoms with Gasteiger partial charge < -0.3 is 5.32 Å². The van der Waals surface area contributed by atoms with Crippen LogP contribution in [0.3, 0.4) is 0 Å². The lowest BCUT2D eigenvalue weighted by molar-refractivity contribution is 0.0965. The Morgan fingerprint density at radius 3 is 3.07 bits per heavy atom. The fraction of sp³-hybridized carbons (Fsp3) is 0.300. The molecule has 1 aromatic rings. The monoisotopic (exact) mass is 225 g/mol. The van der Waals surface area contributed by atoms with Crippen LogP contribution in [0.5, 0.6) is 0 Å². The molecule has 0 fully saturated rings. The highest BCUT2D eigenvalue weighted by Gasteiger charge is 2.19. The van der Waals surface area contributed by atoms with Crippen LogP contribution in [0, 0.1) is 0 Å². The summed E-state index contributed by atoms with van der Waals surface area (Å²) >= 11 is 4.17. The fourth-order valence-electron chi connectivity index (χ4n) is 1.54. The Labute approximate surface area is 92.3 Å². The van der Waals surface area contributed by atoms with Crippen molar-refractivity contribution in [2.24, 2.45) is 0 Å². The van der Waals surface area contributed by atoms with E-state index in [4.69, 9.17) is 0 Å². The van der Waals surface area contributed by atoms with Crippen LogP contribution in [0.25, 0.3) is 0 Å². The minimum absolute atomic E-state index is 0.0400. The zero-order valence-electron chi connectivity index (χ0n) is 7.78. The van der Waals surface area contributed by atoms with Crippen molar-refractivity contribution in [3.63, 3.8) is 0 Å². The molecule has 74 valence electrons. The van der Waals surface area contributed by atoms with Crippen LogP contribution < -0.4 is 5.32 Å². The molecule has 14 heavy (non-hydrogen) atoms. The average molecular weight is 225 g/mol. The highest BCUT2D eigenvalue weighted by molar-refractivity contribution is 8.68. The maximum Gasteiger partial charge on any atom is 0.251 e. The molecule has 0 radical (unpaired) electrons. The van der Waals surface area contributed by atoms with E-state index in [1.807, 2.05) is 12.1 Å². The van der Waals surface area contributed by atoms with E-state index in [1.54, 1.807) is 0 Å². The lowest BCUT2D eigenvalue weighted by Gasteiger charge is -2.08. The lowest BCUT2D eigenvalue weighted by atomic mass is 10.0. The van der Waals surface area contributed by atoms with Crippen molar-refractivity contribution in [1.82, 2.24) is 5.32 Å². The predicted octanol–water partition coefficient (Wildman–Crippen LogP) is 2.57. The first kappa shape index (κ1) is 9.93. The van der Waals surface area contributed by atoms with Gasteiger partial charge in [-0.05, 0) is 24.1 Å². The van der Waals surface area contributed by atoms with Crippen LogP contribution in [0.4, 0.5) is 0 Å². The number of hydrogen-bond donors (Lipinski definition) is 2. The van der Waals surface area contributed by atoms with Gasteiger partial charge in [-0.1, -0.05) is 22.9 Å². The molecule has 1 amide bonds. The van der Waals surface area contributed by atoms with Gasteiger partial charge in [0.05, 0.1) is 0 Å². The second kappa shape index (κ2) is 3.87. The van der Waals surface area contributed by atoms with Gasteiger partial charge in [0.1, 0.15) is 0 Å². The quantitative estimate of drug-likeness (QED) is 0.598. The molecule has 0 bridgehead atoms. The maximum atomic E-state index is 11.4. The molecule has 0 saturated heterocycles. The van der Waals surface area contributed by atoms with E-state index in [0.29, 0.717) is 11.8 Å². The smallest absolute Gasteiger partial charge is 0.251 e. The molecule has 1 N–H and O–H groups in total. The van der Waals surface area contributed by atoms with Gasteiger partial charge in [-0.25, -0.2) is 0 Å². The molecule has 1 aliphatic heterocycles. The van der Waals surface area contributed by atoms with E-state index >= 15 is 0 Å². The topological polar surface area (TPSA) is 29.1 Å². The summed E-state index contributed by atoms with van der Waals surface area (Å²) in [5, 5.41) is 3.12. The summed E-state index contributed by atoms with van der Waals surface area (Å²) < 4.78 is 0. The highest BCUT2D eigenvalue weighted by atomic mass is 33.1. The Balaban J connectivity index is 2.39. The molecule has 1 atom stereocenters. The molecule has 1 aliphatic rings. The van der Waals surface area contributed by atoms with Gasteiger partial charge in [-0.15, -0.1) is 11.7 Å². The summed E-state index contributed by atoms with van der Waals surface area (Å²) in [4.78, 5) is 11.4. The molecule has 0 saturated carbocycles. The molecule has 0 aromatic heterocycles. The Bertz CT molecular complexity index is 378. The van der Waals surface area contributed by atoms with Gasteiger partial charge in [0, 0.05) is 17.4 Å². The fourth-order valence-corrected chi connectivity index (χ4v) is 2.18. The number of benzene rings is 1. The van der Waals surface area contributed by atoms with Crippen molar-refractivity contribution >= 4 is 28.4 Å².